The summed E-state index contributed by atoms with van der Waals surface area (Å²) in [7, 11) is 4.00. The highest BCUT2D eigenvalue weighted by molar-refractivity contribution is 8.04. The summed E-state index contributed by atoms with van der Waals surface area (Å²) in [5.41, 5.74) is 1.74. The number of thioether (sulfide) groups is 1. The van der Waals surface area contributed by atoms with E-state index < -0.39 is 0 Å². The van der Waals surface area contributed by atoms with Crippen LogP contribution in [0.15, 0.2) is 52.3 Å². The molecule has 1 amide bonds. The first-order chi connectivity index (χ1) is 12.0. The Morgan fingerprint density at radius 3 is 2.64 bits per heavy atom. The van der Waals surface area contributed by atoms with Gasteiger partial charge in [0.1, 0.15) is 0 Å². The first-order valence-corrected chi connectivity index (χ1v) is 9.43. The van der Waals surface area contributed by atoms with Crippen LogP contribution in [0.2, 0.25) is 10.0 Å². The molecule has 0 atom stereocenters. The van der Waals surface area contributed by atoms with Crippen LogP contribution in [0.3, 0.4) is 0 Å². The molecule has 2 aromatic rings. The van der Waals surface area contributed by atoms with Gasteiger partial charge in [-0.3, -0.25) is 4.79 Å². The van der Waals surface area contributed by atoms with Crippen molar-refractivity contribution in [2.24, 2.45) is 0 Å². The maximum atomic E-state index is 13.0. The molecule has 3 rings (SSSR count). The third-order valence-electron chi connectivity index (χ3n) is 3.85. The molecule has 0 saturated carbocycles. The smallest absolute Gasteiger partial charge is 0.265 e. The van der Waals surface area contributed by atoms with Crippen molar-refractivity contribution in [3.63, 3.8) is 0 Å². The molecule has 2 aromatic carbocycles. The van der Waals surface area contributed by atoms with Crippen molar-refractivity contribution in [3.05, 3.63) is 63.0 Å². The largest absolute Gasteiger partial charge is 0.308 e. The molecular formula is C19H18Cl2N2OS. The van der Waals surface area contributed by atoms with E-state index in [1.165, 1.54) is 11.8 Å². The summed E-state index contributed by atoms with van der Waals surface area (Å²) < 4.78 is 0. The molecular weight excluding hydrogens is 375 g/mol. The highest BCUT2D eigenvalue weighted by atomic mass is 35.5. The highest BCUT2D eigenvalue weighted by Gasteiger charge is 2.28. The van der Waals surface area contributed by atoms with Crippen molar-refractivity contribution in [2.45, 2.75) is 4.90 Å². The summed E-state index contributed by atoms with van der Waals surface area (Å²) in [6, 6.07) is 13.3. The van der Waals surface area contributed by atoms with Gasteiger partial charge in [0.2, 0.25) is 0 Å². The molecule has 6 heteroatoms. The molecule has 0 bridgehead atoms. The Labute approximate surface area is 162 Å². The number of carbonyl (C=O) groups excluding carboxylic acids is 1. The number of amides is 1. The van der Waals surface area contributed by atoms with Gasteiger partial charge in [0.05, 0.1) is 10.6 Å². The van der Waals surface area contributed by atoms with Crippen LogP contribution in [0.4, 0.5) is 5.69 Å². The third-order valence-corrected chi connectivity index (χ3v) is 5.49. The van der Waals surface area contributed by atoms with Crippen molar-refractivity contribution in [2.75, 3.05) is 32.1 Å². The van der Waals surface area contributed by atoms with Crippen molar-refractivity contribution in [3.8, 4) is 0 Å². The number of nitrogens with zero attached hydrogens (tertiary/aromatic N) is 2. The van der Waals surface area contributed by atoms with Gasteiger partial charge in [0.25, 0.3) is 5.91 Å². The quantitative estimate of drug-likeness (QED) is 0.681. The van der Waals surface area contributed by atoms with Gasteiger partial charge < -0.3 is 9.80 Å². The van der Waals surface area contributed by atoms with Crippen LogP contribution in [0.25, 0.3) is 6.08 Å². The lowest BCUT2D eigenvalue weighted by Gasteiger charge is -2.31. The van der Waals surface area contributed by atoms with Gasteiger partial charge in [-0.05, 0) is 50.0 Å². The summed E-state index contributed by atoms with van der Waals surface area (Å²) in [5.74, 6) is -0.00318. The van der Waals surface area contributed by atoms with E-state index in [0.717, 1.165) is 22.7 Å². The molecule has 25 heavy (non-hydrogen) atoms. The Hall–Kier alpha value is -1.46. The van der Waals surface area contributed by atoms with Crippen LogP contribution in [0.1, 0.15) is 5.56 Å². The second-order valence-corrected chi connectivity index (χ2v) is 7.93. The fraction of sp³-hybridized carbons (Fsp3) is 0.211. The fourth-order valence-corrected chi connectivity index (χ4v) is 4.06. The Morgan fingerprint density at radius 1 is 1.16 bits per heavy atom. The Kier molecular flexibility index (Phi) is 5.74. The van der Waals surface area contributed by atoms with Crippen molar-refractivity contribution < 1.29 is 4.79 Å². The van der Waals surface area contributed by atoms with Gasteiger partial charge in [0, 0.05) is 28.0 Å². The zero-order valence-electron chi connectivity index (χ0n) is 14.0. The highest BCUT2D eigenvalue weighted by Crippen LogP contribution is 2.42. The van der Waals surface area contributed by atoms with E-state index in [-0.39, 0.29) is 5.91 Å². The van der Waals surface area contributed by atoms with Crippen LogP contribution in [-0.4, -0.2) is 38.0 Å². The number of halogens is 2. The number of anilines is 1. The Bertz CT molecular complexity index is 836. The second-order valence-electron chi connectivity index (χ2n) is 6.00. The molecule has 3 nitrogen and oxygen atoms in total. The molecule has 0 radical (unpaired) electrons. The molecule has 1 aliphatic heterocycles. The van der Waals surface area contributed by atoms with Gasteiger partial charge in [-0.2, -0.15) is 0 Å². The van der Waals surface area contributed by atoms with Crippen molar-refractivity contribution in [1.29, 1.82) is 0 Å². The summed E-state index contributed by atoms with van der Waals surface area (Å²) in [6.45, 7) is 1.43. The maximum Gasteiger partial charge on any atom is 0.265 e. The van der Waals surface area contributed by atoms with E-state index >= 15 is 0 Å². The number of fused-ring (bicyclic) bond motifs is 1. The van der Waals surface area contributed by atoms with E-state index in [9.17, 15) is 4.79 Å². The normalized spacial score (nSPS) is 15.8. The van der Waals surface area contributed by atoms with Gasteiger partial charge >= 0.3 is 0 Å². The molecule has 0 aliphatic carbocycles. The van der Waals surface area contributed by atoms with E-state index in [0.29, 0.717) is 21.5 Å². The summed E-state index contributed by atoms with van der Waals surface area (Å²) in [5, 5.41) is 1.11. The summed E-state index contributed by atoms with van der Waals surface area (Å²) in [6.07, 6.45) is 1.84. The fourth-order valence-electron chi connectivity index (χ4n) is 2.54. The maximum absolute atomic E-state index is 13.0. The molecule has 0 fully saturated rings. The molecule has 0 unspecified atom stereocenters. The van der Waals surface area contributed by atoms with E-state index in [1.807, 2.05) is 55.4 Å². The molecule has 130 valence electrons. The number of para-hydroxylation sites is 1. The number of hydrogen-bond donors (Lipinski definition) is 0. The molecule has 1 aliphatic rings. The number of carbonyl (C=O) groups is 1. The first-order valence-electron chi connectivity index (χ1n) is 7.86. The molecule has 0 N–H and O–H groups in total. The number of likely N-dealkylation sites (N-methyl/N-ethyl adjacent to an activating group) is 1. The number of rotatable bonds is 4. The van der Waals surface area contributed by atoms with Crippen molar-refractivity contribution >= 4 is 52.6 Å². The third kappa shape index (κ3) is 4.21. The predicted molar refractivity (Wildman–Crippen MR) is 108 cm³/mol. The van der Waals surface area contributed by atoms with Gasteiger partial charge in [0.15, 0.2) is 0 Å². The summed E-state index contributed by atoms with van der Waals surface area (Å²) in [4.78, 5) is 18.7. The van der Waals surface area contributed by atoms with Crippen LogP contribution >= 0.6 is 35.0 Å². The van der Waals surface area contributed by atoms with Crippen LogP contribution in [-0.2, 0) is 4.79 Å². The van der Waals surface area contributed by atoms with Gasteiger partial charge in [-0.1, -0.05) is 53.2 Å². The molecule has 0 saturated heterocycles. The standard InChI is InChI=1S/C19H18Cl2N2OS/c1-22(2)9-10-23-16-5-3-4-6-17(16)25-18(19(23)24)11-13-7-8-14(20)12-15(13)21/h3-8,11-12H,9-10H2,1-2H3. The molecule has 0 spiro atoms. The van der Waals surface area contributed by atoms with E-state index in [2.05, 4.69) is 4.90 Å². The lowest BCUT2D eigenvalue weighted by molar-refractivity contribution is -0.114. The van der Waals surface area contributed by atoms with Crippen LogP contribution in [0, 0.1) is 0 Å². The number of hydrogen-bond acceptors (Lipinski definition) is 3. The van der Waals surface area contributed by atoms with Gasteiger partial charge in [-0.15, -0.1) is 0 Å². The van der Waals surface area contributed by atoms with Crippen molar-refractivity contribution in [1.82, 2.24) is 4.90 Å². The SMILES string of the molecule is CN(C)CCN1C(=O)C(=Cc2ccc(Cl)cc2Cl)Sc2ccccc21. The predicted octanol–water partition coefficient (Wildman–Crippen LogP) is 5.03. The van der Waals surface area contributed by atoms with Gasteiger partial charge in [-0.25, -0.2) is 0 Å². The monoisotopic (exact) mass is 392 g/mol. The minimum Gasteiger partial charge on any atom is -0.308 e. The van der Waals surface area contributed by atoms with E-state index in [4.69, 9.17) is 23.2 Å². The van der Waals surface area contributed by atoms with Crippen LogP contribution in [0.5, 0.6) is 0 Å². The Morgan fingerprint density at radius 2 is 1.92 bits per heavy atom. The van der Waals surface area contributed by atoms with E-state index in [1.54, 1.807) is 12.1 Å². The first kappa shape index (κ1) is 18.3. The zero-order chi connectivity index (χ0) is 18.0. The van der Waals surface area contributed by atoms with Crippen LogP contribution < -0.4 is 4.90 Å². The minimum absolute atomic E-state index is 0.00318. The second kappa shape index (κ2) is 7.83. The minimum atomic E-state index is -0.00318. The number of benzene rings is 2. The summed E-state index contributed by atoms with van der Waals surface area (Å²) >= 11 is 13.7. The lowest BCUT2D eigenvalue weighted by Crippen LogP contribution is -2.39. The average Bonchev–Trinajstić information content (AvgIpc) is 2.57. The Balaban J connectivity index is 1.99. The average molecular weight is 393 g/mol. The zero-order valence-corrected chi connectivity index (χ0v) is 16.3. The topological polar surface area (TPSA) is 23.6 Å². The lowest BCUT2D eigenvalue weighted by atomic mass is 10.2. The molecule has 0 aromatic heterocycles. The molecule has 1 heterocycles.